The van der Waals surface area contributed by atoms with E-state index in [9.17, 15) is 46.3 Å². The van der Waals surface area contributed by atoms with E-state index in [0.717, 1.165) is 62.0 Å². The van der Waals surface area contributed by atoms with Gasteiger partial charge in [-0.15, -0.1) is 34.0 Å². The fourth-order valence-corrected chi connectivity index (χ4v) is 12.3. The van der Waals surface area contributed by atoms with Crippen LogP contribution in [0, 0.1) is 23.2 Å². The predicted octanol–water partition coefficient (Wildman–Crippen LogP) is 10.4. The molecule has 1 fully saturated rings. The van der Waals surface area contributed by atoms with E-state index in [1.54, 1.807) is 0 Å². The SMILES string of the molecule is CCCCC(CC)CCCC1CC2(CC1CC)C(=O)c1c(-c3cc4c(s3)C(=O)C(F)(F)C4=O)sc(-c3cc4c(s3)C(=O)C(F)(F)C4=O)c1C2=O. The van der Waals surface area contributed by atoms with E-state index in [0.29, 0.717) is 41.4 Å². The standard InChI is InChI=1S/C37H34F4O6S3/c1-4-7-9-16(5-2)10-8-11-18-15-35(14-17(18)6-3)31(44)23-24(32(35)45)28(22-13-20-26(49-22)34(47)37(40,41)30(20)43)50-27(23)21-12-19-25(48-21)33(46)36(38,39)29(19)42/h12-13,16-18H,4-11,14-15H2,1-3H3. The molecule has 3 unspecified atom stereocenters. The molecule has 3 aromatic rings. The number of Topliss-reactive ketones (excluding diaryl/α,β-unsaturated/α-hetero) is 6. The highest BCUT2D eigenvalue weighted by molar-refractivity contribution is 7.28. The number of ketones is 6. The number of halogens is 4. The lowest BCUT2D eigenvalue weighted by molar-refractivity contribution is 0.0187. The van der Waals surface area contributed by atoms with Gasteiger partial charge in [-0.1, -0.05) is 72.1 Å². The van der Waals surface area contributed by atoms with Crippen molar-refractivity contribution in [3.05, 3.63) is 44.1 Å². The Morgan fingerprint density at radius 1 is 0.640 bits per heavy atom. The normalized spacial score (nSPS) is 23.4. The van der Waals surface area contributed by atoms with E-state index in [4.69, 9.17) is 0 Å². The molecule has 4 aliphatic carbocycles. The topological polar surface area (TPSA) is 102 Å². The molecule has 13 heteroatoms. The van der Waals surface area contributed by atoms with E-state index in [1.807, 2.05) is 6.92 Å². The molecule has 1 spiro atoms. The van der Waals surface area contributed by atoms with Gasteiger partial charge in [-0.3, -0.25) is 28.8 Å². The van der Waals surface area contributed by atoms with Crippen molar-refractivity contribution in [2.45, 2.75) is 96.8 Å². The Labute approximate surface area is 297 Å². The summed E-state index contributed by atoms with van der Waals surface area (Å²) in [5.41, 5.74) is -2.18. The molecule has 3 aromatic heterocycles. The number of alkyl halides is 4. The molecule has 264 valence electrons. The third kappa shape index (κ3) is 4.88. The van der Waals surface area contributed by atoms with Gasteiger partial charge in [0.1, 0.15) is 0 Å². The molecule has 7 rings (SSSR count). The van der Waals surface area contributed by atoms with Crippen LogP contribution in [0.4, 0.5) is 17.6 Å². The zero-order chi connectivity index (χ0) is 36.1. The summed E-state index contributed by atoms with van der Waals surface area (Å²) < 4.78 is 57.1. The molecule has 0 aromatic carbocycles. The molecular formula is C37H34F4O6S3. The fourth-order valence-electron chi connectivity index (χ4n) is 8.52. The first kappa shape index (κ1) is 35.3. The van der Waals surface area contributed by atoms with E-state index >= 15 is 0 Å². The van der Waals surface area contributed by atoms with Crippen LogP contribution < -0.4 is 0 Å². The van der Waals surface area contributed by atoms with E-state index in [2.05, 4.69) is 13.8 Å². The molecule has 50 heavy (non-hydrogen) atoms. The first-order chi connectivity index (χ1) is 23.6. The average Bonchev–Trinajstić information content (AvgIpc) is 3.94. The lowest BCUT2D eigenvalue weighted by atomic mass is 9.79. The monoisotopic (exact) mass is 746 g/mol. The zero-order valence-corrected chi connectivity index (χ0v) is 30.1. The first-order valence-electron chi connectivity index (χ1n) is 17.1. The van der Waals surface area contributed by atoms with Gasteiger partial charge in [0.25, 0.3) is 11.6 Å². The summed E-state index contributed by atoms with van der Waals surface area (Å²) in [6.45, 7) is 6.41. The molecule has 0 bridgehead atoms. The first-order valence-corrected chi connectivity index (χ1v) is 19.6. The highest BCUT2D eigenvalue weighted by Crippen LogP contribution is 2.61. The second-order valence-corrected chi connectivity index (χ2v) is 17.2. The quantitative estimate of drug-likeness (QED) is 0.143. The maximum absolute atomic E-state index is 14.7. The summed E-state index contributed by atoms with van der Waals surface area (Å²) >= 11 is 2.21. The molecular weight excluding hydrogens is 713 g/mol. The number of carbonyl (C=O) groups is 6. The average molecular weight is 747 g/mol. The third-order valence-corrected chi connectivity index (χ3v) is 15.1. The van der Waals surface area contributed by atoms with Crippen LogP contribution in [0.3, 0.4) is 0 Å². The van der Waals surface area contributed by atoms with Crippen LogP contribution in [0.15, 0.2) is 12.1 Å². The van der Waals surface area contributed by atoms with Crippen molar-refractivity contribution < 1.29 is 46.3 Å². The van der Waals surface area contributed by atoms with Gasteiger partial charge in [0.2, 0.25) is 11.6 Å². The maximum atomic E-state index is 14.7. The lowest BCUT2D eigenvalue weighted by Gasteiger charge is -2.21. The van der Waals surface area contributed by atoms with Gasteiger partial charge in [-0.05, 0) is 42.7 Å². The number of hydrogen-bond donors (Lipinski definition) is 0. The van der Waals surface area contributed by atoms with Gasteiger partial charge in [0.15, 0.2) is 11.6 Å². The van der Waals surface area contributed by atoms with Gasteiger partial charge in [-0.25, -0.2) is 0 Å². The number of fused-ring (bicyclic) bond motifs is 3. The molecule has 0 N–H and O–H groups in total. The smallest absolute Gasteiger partial charge is 0.293 e. The van der Waals surface area contributed by atoms with Crippen LogP contribution in [-0.4, -0.2) is 46.5 Å². The highest BCUT2D eigenvalue weighted by Gasteiger charge is 2.62. The van der Waals surface area contributed by atoms with Crippen LogP contribution in [0.5, 0.6) is 0 Å². The molecule has 6 nitrogen and oxygen atoms in total. The summed E-state index contributed by atoms with van der Waals surface area (Å²) in [4.78, 5) is 79.1. The van der Waals surface area contributed by atoms with Crippen molar-refractivity contribution in [2.24, 2.45) is 23.2 Å². The Bertz CT molecular complexity index is 1830. The van der Waals surface area contributed by atoms with E-state index in [-0.39, 0.29) is 42.5 Å². The van der Waals surface area contributed by atoms with Crippen molar-refractivity contribution in [3.8, 4) is 19.5 Å². The second-order valence-electron chi connectivity index (χ2n) is 14.1. The Balaban J connectivity index is 1.29. The van der Waals surface area contributed by atoms with Crippen molar-refractivity contribution in [3.63, 3.8) is 0 Å². The Morgan fingerprint density at radius 2 is 1.12 bits per heavy atom. The molecule has 0 radical (unpaired) electrons. The predicted molar refractivity (Wildman–Crippen MR) is 183 cm³/mol. The molecule has 1 saturated carbocycles. The van der Waals surface area contributed by atoms with Gasteiger partial charge in [0, 0.05) is 32.0 Å². The largest absolute Gasteiger partial charge is 0.372 e. The van der Waals surface area contributed by atoms with Crippen LogP contribution in [0.1, 0.15) is 146 Å². The summed E-state index contributed by atoms with van der Waals surface area (Å²) in [7, 11) is 0. The van der Waals surface area contributed by atoms with Crippen LogP contribution >= 0.6 is 34.0 Å². The minimum absolute atomic E-state index is 0.0549. The Kier molecular flexibility index (Phi) is 8.62. The van der Waals surface area contributed by atoms with Gasteiger partial charge >= 0.3 is 11.8 Å². The highest BCUT2D eigenvalue weighted by atomic mass is 32.1. The number of unbranched alkanes of at least 4 members (excludes halogenated alkanes) is 1. The van der Waals surface area contributed by atoms with Crippen LogP contribution in [0.2, 0.25) is 0 Å². The lowest BCUT2D eigenvalue weighted by Crippen LogP contribution is -2.31. The van der Waals surface area contributed by atoms with Gasteiger partial charge in [0.05, 0.1) is 24.9 Å². The Morgan fingerprint density at radius 3 is 1.56 bits per heavy atom. The van der Waals surface area contributed by atoms with Crippen molar-refractivity contribution in [1.82, 2.24) is 0 Å². The summed E-state index contributed by atoms with van der Waals surface area (Å²) in [6, 6.07) is 2.30. The summed E-state index contributed by atoms with van der Waals surface area (Å²) in [6.07, 6.45) is 8.90. The number of carbonyl (C=O) groups excluding carboxylic acids is 6. The van der Waals surface area contributed by atoms with E-state index in [1.165, 1.54) is 12.8 Å². The number of thiophene rings is 3. The zero-order valence-electron chi connectivity index (χ0n) is 27.6. The second kappa shape index (κ2) is 12.2. The number of rotatable bonds is 11. The summed E-state index contributed by atoms with van der Waals surface area (Å²) in [5.74, 6) is -14.9. The van der Waals surface area contributed by atoms with Crippen molar-refractivity contribution in [2.75, 3.05) is 0 Å². The maximum Gasteiger partial charge on any atom is 0.372 e. The van der Waals surface area contributed by atoms with Crippen molar-refractivity contribution >= 4 is 68.7 Å². The van der Waals surface area contributed by atoms with Gasteiger partial charge < -0.3 is 0 Å². The molecule has 3 atom stereocenters. The Hall–Kier alpha value is -3.16. The molecule has 0 saturated heterocycles. The van der Waals surface area contributed by atoms with Crippen LogP contribution in [0.25, 0.3) is 19.5 Å². The van der Waals surface area contributed by atoms with Crippen molar-refractivity contribution in [1.29, 1.82) is 0 Å². The van der Waals surface area contributed by atoms with Gasteiger partial charge in [-0.2, -0.15) is 17.6 Å². The fraction of sp³-hybridized carbons (Fsp3) is 0.514. The minimum atomic E-state index is -4.18. The molecule has 4 aliphatic rings. The third-order valence-electron chi connectivity index (χ3n) is 11.3. The molecule has 0 amide bonds. The number of hydrogen-bond acceptors (Lipinski definition) is 9. The summed E-state index contributed by atoms with van der Waals surface area (Å²) in [5, 5.41) is 0. The molecule has 3 heterocycles. The molecule has 0 aliphatic heterocycles. The van der Waals surface area contributed by atoms with E-state index < -0.39 is 72.8 Å². The van der Waals surface area contributed by atoms with Crippen LogP contribution in [-0.2, 0) is 0 Å². The minimum Gasteiger partial charge on any atom is -0.293 e.